The number of pyridine rings is 1. The van der Waals surface area contributed by atoms with Crippen molar-refractivity contribution in [3.63, 3.8) is 0 Å². The van der Waals surface area contributed by atoms with Gasteiger partial charge in [0.15, 0.2) is 5.82 Å². The van der Waals surface area contributed by atoms with Crippen LogP contribution >= 0.6 is 15.9 Å². The summed E-state index contributed by atoms with van der Waals surface area (Å²) in [5, 5.41) is 3.08. The zero-order valence-electron chi connectivity index (χ0n) is 11.9. The fourth-order valence-corrected chi connectivity index (χ4v) is 2.87. The number of nitrogens with one attached hydrogen (secondary N) is 2. The van der Waals surface area contributed by atoms with Crippen LogP contribution in [0.5, 0.6) is 0 Å². The monoisotopic (exact) mass is 340 g/mol. The van der Waals surface area contributed by atoms with Gasteiger partial charge in [0.2, 0.25) is 0 Å². The summed E-state index contributed by atoms with van der Waals surface area (Å²) in [7, 11) is 0. The summed E-state index contributed by atoms with van der Waals surface area (Å²) in [6.45, 7) is 4.55. The first-order valence-corrected chi connectivity index (χ1v) is 7.63. The molecule has 20 heavy (non-hydrogen) atoms. The van der Waals surface area contributed by atoms with Gasteiger partial charge in [0, 0.05) is 16.7 Å². The van der Waals surface area contributed by atoms with Crippen molar-refractivity contribution >= 4 is 27.7 Å². The van der Waals surface area contributed by atoms with Crippen LogP contribution in [0.15, 0.2) is 16.7 Å². The zero-order chi connectivity index (χ0) is 14.8. The number of carbonyl (C=O) groups is 1. The van der Waals surface area contributed by atoms with Gasteiger partial charge in [0.05, 0.1) is 5.56 Å². The molecule has 0 radical (unpaired) electrons. The second kappa shape index (κ2) is 6.10. The summed E-state index contributed by atoms with van der Waals surface area (Å²) in [5.74, 6) is 5.66. The Labute approximate surface area is 127 Å². The third kappa shape index (κ3) is 3.70. The minimum Gasteiger partial charge on any atom is -0.349 e. The Morgan fingerprint density at radius 2 is 2.10 bits per heavy atom. The lowest BCUT2D eigenvalue weighted by Gasteiger charge is -2.34. The van der Waals surface area contributed by atoms with Gasteiger partial charge in [-0.2, -0.15) is 0 Å². The van der Waals surface area contributed by atoms with E-state index in [1.165, 1.54) is 0 Å². The number of hydrogen-bond acceptors (Lipinski definition) is 4. The lowest BCUT2D eigenvalue weighted by Crippen LogP contribution is -2.39. The van der Waals surface area contributed by atoms with Gasteiger partial charge in [-0.3, -0.25) is 4.79 Å². The van der Waals surface area contributed by atoms with Crippen LogP contribution in [0.3, 0.4) is 0 Å². The molecule has 0 spiro atoms. The highest BCUT2D eigenvalue weighted by Crippen LogP contribution is 2.35. The van der Waals surface area contributed by atoms with Crippen LogP contribution in [-0.4, -0.2) is 16.9 Å². The number of nitrogens with zero attached hydrogens (tertiary/aromatic N) is 1. The molecule has 0 aliphatic heterocycles. The molecule has 0 atom stereocenters. The number of amides is 1. The van der Waals surface area contributed by atoms with Crippen molar-refractivity contribution in [2.75, 3.05) is 5.43 Å². The number of rotatable bonds is 3. The van der Waals surface area contributed by atoms with Gasteiger partial charge in [-0.05, 0) is 53.1 Å². The molecule has 110 valence electrons. The average Bonchev–Trinajstić information content (AvgIpc) is 2.41. The van der Waals surface area contributed by atoms with E-state index in [1.807, 2.05) is 0 Å². The van der Waals surface area contributed by atoms with E-state index in [-0.39, 0.29) is 11.9 Å². The van der Waals surface area contributed by atoms with Crippen molar-refractivity contribution in [1.82, 2.24) is 10.3 Å². The molecule has 6 heteroatoms. The molecule has 0 aromatic carbocycles. The van der Waals surface area contributed by atoms with Gasteiger partial charge in [0.1, 0.15) is 0 Å². The van der Waals surface area contributed by atoms with Crippen molar-refractivity contribution < 1.29 is 4.79 Å². The van der Waals surface area contributed by atoms with E-state index >= 15 is 0 Å². The summed E-state index contributed by atoms with van der Waals surface area (Å²) >= 11 is 3.32. The Kier molecular flexibility index (Phi) is 4.65. The second-order valence-electron chi connectivity index (χ2n) is 6.11. The number of halogens is 1. The quantitative estimate of drug-likeness (QED) is 0.583. The zero-order valence-corrected chi connectivity index (χ0v) is 13.5. The summed E-state index contributed by atoms with van der Waals surface area (Å²) in [6.07, 6.45) is 5.92. The van der Waals surface area contributed by atoms with Crippen molar-refractivity contribution in [3.05, 3.63) is 22.3 Å². The fraction of sp³-hybridized carbons (Fsp3) is 0.571. The van der Waals surface area contributed by atoms with Crippen LogP contribution in [0.2, 0.25) is 0 Å². The highest BCUT2D eigenvalue weighted by molar-refractivity contribution is 9.10. The van der Waals surface area contributed by atoms with Crippen LogP contribution in [0.25, 0.3) is 0 Å². The maximum absolute atomic E-state index is 12.3. The minimum atomic E-state index is -0.128. The van der Waals surface area contributed by atoms with Crippen LogP contribution in [-0.2, 0) is 0 Å². The van der Waals surface area contributed by atoms with Gasteiger partial charge >= 0.3 is 0 Å². The Balaban J connectivity index is 2.04. The third-order valence-electron chi connectivity index (χ3n) is 3.91. The molecule has 1 aliphatic rings. The maximum atomic E-state index is 12.3. The van der Waals surface area contributed by atoms with Crippen molar-refractivity contribution in [3.8, 4) is 0 Å². The molecule has 1 heterocycles. The summed E-state index contributed by atoms with van der Waals surface area (Å²) in [5.41, 5.74) is 3.32. The van der Waals surface area contributed by atoms with E-state index in [0.29, 0.717) is 16.8 Å². The van der Waals surface area contributed by atoms with Gasteiger partial charge in [0.25, 0.3) is 5.91 Å². The topological polar surface area (TPSA) is 80.0 Å². The molecule has 1 amide bonds. The normalized spacial score (nSPS) is 18.6. The van der Waals surface area contributed by atoms with E-state index in [9.17, 15) is 4.79 Å². The smallest absolute Gasteiger partial charge is 0.255 e. The summed E-state index contributed by atoms with van der Waals surface area (Å²) in [4.78, 5) is 16.4. The molecule has 1 aliphatic carbocycles. The van der Waals surface area contributed by atoms with Gasteiger partial charge < -0.3 is 10.7 Å². The minimum absolute atomic E-state index is 0.128. The van der Waals surface area contributed by atoms with Crippen LogP contribution < -0.4 is 16.6 Å². The van der Waals surface area contributed by atoms with Gasteiger partial charge in [-0.1, -0.05) is 13.8 Å². The van der Waals surface area contributed by atoms with E-state index < -0.39 is 0 Å². The number of hydrazine groups is 1. The maximum Gasteiger partial charge on any atom is 0.255 e. The number of nitrogens with two attached hydrogens (primary N) is 1. The Hall–Kier alpha value is -1.14. The molecular weight excluding hydrogens is 320 g/mol. The molecular formula is C14H21BrN4O. The van der Waals surface area contributed by atoms with Gasteiger partial charge in [-0.25, -0.2) is 10.8 Å². The first-order chi connectivity index (χ1) is 9.41. The number of aromatic nitrogens is 1. The molecule has 1 fully saturated rings. The van der Waals surface area contributed by atoms with E-state index in [2.05, 4.69) is 45.5 Å². The molecule has 5 nitrogen and oxygen atoms in total. The molecule has 1 aromatic rings. The standard InChI is InChI=1S/C14H21BrN4O/c1-14(2)5-3-10(4-6-14)18-13(20)11-7-9(15)8-17-12(11)19-16/h7-8,10H,3-6,16H2,1-2H3,(H,17,19)(H,18,20). The number of anilines is 1. The predicted molar refractivity (Wildman–Crippen MR) is 83.3 cm³/mol. The Morgan fingerprint density at radius 1 is 1.45 bits per heavy atom. The molecule has 1 aromatic heterocycles. The van der Waals surface area contributed by atoms with Crippen molar-refractivity contribution in [1.29, 1.82) is 0 Å². The average molecular weight is 341 g/mol. The number of carbonyl (C=O) groups excluding carboxylic acids is 1. The summed E-state index contributed by atoms with van der Waals surface area (Å²) in [6, 6.07) is 1.96. The second-order valence-corrected chi connectivity index (χ2v) is 7.02. The lowest BCUT2D eigenvalue weighted by atomic mass is 9.75. The Bertz CT molecular complexity index is 494. The predicted octanol–water partition coefficient (Wildman–Crippen LogP) is 2.83. The molecule has 0 saturated heterocycles. The molecule has 0 unspecified atom stereocenters. The van der Waals surface area contributed by atoms with Crippen LogP contribution in [0, 0.1) is 5.41 Å². The van der Waals surface area contributed by atoms with Gasteiger partial charge in [-0.15, -0.1) is 0 Å². The largest absolute Gasteiger partial charge is 0.349 e. The number of hydrogen-bond donors (Lipinski definition) is 3. The van der Waals surface area contributed by atoms with Crippen molar-refractivity contribution in [2.24, 2.45) is 11.3 Å². The van der Waals surface area contributed by atoms with Crippen molar-refractivity contribution in [2.45, 2.75) is 45.6 Å². The lowest BCUT2D eigenvalue weighted by molar-refractivity contribution is 0.0909. The van der Waals surface area contributed by atoms with Crippen LogP contribution in [0.1, 0.15) is 49.9 Å². The van der Waals surface area contributed by atoms with E-state index in [0.717, 1.165) is 30.2 Å². The Morgan fingerprint density at radius 3 is 2.70 bits per heavy atom. The van der Waals surface area contributed by atoms with Crippen LogP contribution in [0.4, 0.5) is 5.82 Å². The third-order valence-corrected chi connectivity index (χ3v) is 4.34. The summed E-state index contributed by atoms with van der Waals surface area (Å²) < 4.78 is 0.756. The highest BCUT2D eigenvalue weighted by atomic mass is 79.9. The highest BCUT2D eigenvalue weighted by Gasteiger charge is 2.28. The van der Waals surface area contributed by atoms with E-state index in [1.54, 1.807) is 12.3 Å². The van der Waals surface area contributed by atoms with E-state index in [4.69, 9.17) is 5.84 Å². The first-order valence-electron chi connectivity index (χ1n) is 6.84. The molecule has 0 bridgehead atoms. The fourth-order valence-electron chi connectivity index (χ4n) is 2.53. The molecule has 2 rings (SSSR count). The molecule has 4 N–H and O–H groups in total. The first kappa shape index (κ1) is 15.3. The number of nitrogen functional groups attached to an aromatic ring is 1. The molecule has 1 saturated carbocycles. The SMILES string of the molecule is CC1(C)CCC(NC(=O)c2cc(Br)cnc2NN)CC1.